The summed E-state index contributed by atoms with van der Waals surface area (Å²) < 4.78 is 0. The fourth-order valence-corrected chi connectivity index (χ4v) is 0.346. The number of hydrogen-bond donors (Lipinski definition) is 3. The predicted molar refractivity (Wildman–Crippen MR) is 48.4 cm³/mol. The largest absolute Gasteiger partial charge is 0.349 e. The van der Waals surface area contributed by atoms with E-state index in [2.05, 4.69) is 11.6 Å². The molecule has 0 aromatic heterocycles. The lowest BCUT2D eigenvalue weighted by molar-refractivity contribution is -0.0930. The molecule has 0 aliphatic heterocycles. The maximum Gasteiger partial charge on any atom is 0.261 e. The van der Waals surface area contributed by atoms with Gasteiger partial charge in [0.1, 0.15) is 0 Å². The number of aliphatic imine (C=N–C) groups is 1. The van der Waals surface area contributed by atoms with E-state index in [9.17, 15) is 0 Å². The molecule has 4 nitrogen and oxygen atoms in total. The molecule has 0 saturated carbocycles. The Bertz CT molecular complexity index is 224. The van der Waals surface area contributed by atoms with Gasteiger partial charge >= 0.3 is 0 Å². The second-order valence-corrected chi connectivity index (χ2v) is 2.52. The first-order chi connectivity index (χ1) is 5.38. The predicted octanol–water partition coefficient (Wildman–Crippen LogP) is 0.134. The van der Waals surface area contributed by atoms with Crippen LogP contribution in [0.4, 0.5) is 0 Å². The van der Waals surface area contributed by atoms with Gasteiger partial charge in [0, 0.05) is 6.20 Å². The highest BCUT2D eigenvalue weighted by Gasteiger charge is 2.19. The molecule has 0 spiro atoms. The zero-order chi connectivity index (χ0) is 9.78. The highest BCUT2D eigenvalue weighted by Crippen LogP contribution is 1.97. The van der Waals surface area contributed by atoms with Gasteiger partial charge in [0.05, 0.1) is 5.71 Å². The van der Waals surface area contributed by atoms with Crippen LogP contribution in [0.25, 0.3) is 0 Å². The Balaban J connectivity index is 4.49. The van der Waals surface area contributed by atoms with Crippen LogP contribution in [-0.4, -0.2) is 21.8 Å². The van der Waals surface area contributed by atoms with Crippen LogP contribution >= 0.6 is 0 Å². The molecular weight excluding hydrogens is 156 g/mol. The Labute approximate surface area is 71.7 Å². The Morgan fingerprint density at radius 2 is 2.00 bits per heavy atom. The van der Waals surface area contributed by atoms with Crippen LogP contribution in [0.1, 0.15) is 13.8 Å². The first-order valence-electron chi connectivity index (χ1n) is 3.45. The molecule has 0 amide bonds. The summed E-state index contributed by atoms with van der Waals surface area (Å²) in [4.78, 5) is 3.72. The molecule has 4 N–H and O–H groups in total. The van der Waals surface area contributed by atoms with Gasteiger partial charge < -0.3 is 10.2 Å². The second kappa shape index (κ2) is 4.15. The van der Waals surface area contributed by atoms with E-state index in [0.29, 0.717) is 0 Å². The van der Waals surface area contributed by atoms with Crippen molar-refractivity contribution >= 4 is 5.71 Å². The average Bonchev–Trinajstić information content (AvgIpc) is 1.97. The number of nitrogens with zero attached hydrogens (tertiary/aromatic N) is 1. The highest BCUT2D eigenvalue weighted by atomic mass is 16.5. The van der Waals surface area contributed by atoms with Crippen LogP contribution in [0.5, 0.6) is 0 Å². The third-order valence-electron chi connectivity index (χ3n) is 1.32. The summed E-state index contributed by atoms with van der Waals surface area (Å²) in [6.45, 7) is 6.72. The van der Waals surface area contributed by atoms with Crippen molar-refractivity contribution in [3.8, 4) is 0 Å². The third-order valence-corrected chi connectivity index (χ3v) is 1.32. The molecule has 0 bridgehead atoms. The molecule has 68 valence electrons. The molecule has 0 radical (unpaired) electrons. The minimum atomic E-state index is -2.34. The zero-order valence-electron chi connectivity index (χ0n) is 7.28. The minimum absolute atomic E-state index is 0.0312. The molecule has 4 heteroatoms. The number of allylic oxidation sites excluding steroid dienone is 2. The van der Waals surface area contributed by atoms with Crippen molar-refractivity contribution in [1.29, 1.82) is 0 Å². The van der Waals surface area contributed by atoms with Gasteiger partial charge in [0.25, 0.3) is 5.91 Å². The molecule has 12 heavy (non-hydrogen) atoms. The maximum absolute atomic E-state index is 8.82. The molecule has 0 rings (SSSR count). The Kier molecular flexibility index (Phi) is 3.82. The maximum atomic E-state index is 8.82. The van der Waals surface area contributed by atoms with Crippen LogP contribution in [0, 0.1) is 0 Å². The second-order valence-electron chi connectivity index (χ2n) is 2.52. The van der Waals surface area contributed by atoms with E-state index in [1.807, 2.05) is 0 Å². The Morgan fingerprint density at radius 3 is 2.33 bits per heavy atom. The van der Waals surface area contributed by atoms with Crippen LogP contribution < -0.4 is 5.73 Å². The van der Waals surface area contributed by atoms with Crippen LogP contribution in [0.15, 0.2) is 29.4 Å². The van der Waals surface area contributed by atoms with Gasteiger partial charge in [-0.3, -0.25) is 10.7 Å². The fraction of sp³-hybridized carbons (Fsp3) is 0.375. The normalized spacial score (nSPS) is 14.8. The zero-order valence-corrected chi connectivity index (χ0v) is 7.28. The molecule has 0 saturated heterocycles. The topological polar surface area (TPSA) is 78.8 Å². The minimum Gasteiger partial charge on any atom is -0.349 e. The molecule has 0 atom stereocenters. The highest BCUT2D eigenvalue weighted by molar-refractivity contribution is 5.88. The fourth-order valence-electron chi connectivity index (χ4n) is 0.346. The van der Waals surface area contributed by atoms with Crippen molar-refractivity contribution in [3.05, 3.63) is 24.4 Å². The Morgan fingerprint density at radius 1 is 1.50 bits per heavy atom. The van der Waals surface area contributed by atoms with Crippen LogP contribution in [0.2, 0.25) is 0 Å². The third kappa shape index (κ3) is 4.02. The first-order valence-corrected chi connectivity index (χ1v) is 3.45. The molecular formula is C8H14N2O2. The van der Waals surface area contributed by atoms with Gasteiger partial charge in [-0.15, -0.1) is 0 Å². The molecule has 0 aromatic carbocycles. The van der Waals surface area contributed by atoms with E-state index in [4.69, 9.17) is 15.9 Å². The van der Waals surface area contributed by atoms with Crippen molar-refractivity contribution in [2.45, 2.75) is 19.8 Å². The van der Waals surface area contributed by atoms with E-state index >= 15 is 0 Å². The lowest BCUT2D eigenvalue weighted by Gasteiger charge is -2.13. The van der Waals surface area contributed by atoms with E-state index in [0.717, 1.165) is 5.57 Å². The van der Waals surface area contributed by atoms with E-state index < -0.39 is 5.91 Å². The molecule has 0 aliphatic rings. The summed E-state index contributed by atoms with van der Waals surface area (Å²) in [5.41, 5.74) is 5.78. The first kappa shape index (κ1) is 11.0. The van der Waals surface area contributed by atoms with Crippen LogP contribution in [-0.2, 0) is 0 Å². The summed E-state index contributed by atoms with van der Waals surface area (Å²) in [6, 6.07) is 0. The summed E-state index contributed by atoms with van der Waals surface area (Å²) in [5, 5.41) is 17.6. The van der Waals surface area contributed by atoms with E-state index in [1.165, 1.54) is 13.1 Å². The van der Waals surface area contributed by atoms with Crippen LogP contribution in [0.3, 0.4) is 0 Å². The van der Waals surface area contributed by atoms with E-state index in [-0.39, 0.29) is 5.71 Å². The molecule has 0 heterocycles. The smallest absolute Gasteiger partial charge is 0.261 e. The quantitative estimate of drug-likeness (QED) is 0.320. The monoisotopic (exact) mass is 170 g/mol. The van der Waals surface area contributed by atoms with Crippen molar-refractivity contribution < 1.29 is 10.2 Å². The van der Waals surface area contributed by atoms with Crippen molar-refractivity contribution in [3.63, 3.8) is 0 Å². The average molecular weight is 170 g/mol. The molecule has 0 aromatic rings. The Hall–Kier alpha value is -0.970. The van der Waals surface area contributed by atoms with Crippen molar-refractivity contribution in [2.75, 3.05) is 0 Å². The number of rotatable bonds is 3. The lowest BCUT2D eigenvalue weighted by atomic mass is 10.3. The van der Waals surface area contributed by atoms with Gasteiger partial charge in [0.15, 0.2) is 0 Å². The van der Waals surface area contributed by atoms with Crippen molar-refractivity contribution in [1.82, 2.24) is 0 Å². The lowest BCUT2D eigenvalue weighted by Crippen LogP contribution is -2.46. The summed E-state index contributed by atoms with van der Waals surface area (Å²) in [6.07, 6.45) is 3.06. The SMILES string of the molecule is C=C/C(C)=C\N=C(/C)C(N)(O)O. The van der Waals surface area contributed by atoms with Gasteiger partial charge in [-0.05, 0) is 19.4 Å². The molecule has 0 aliphatic carbocycles. The van der Waals surface area contributed by atoms with Gasteiger partial charge in [0.2, 0.25) is 0 Å². The van der Waals surface area contributed by atoms with E-state index in [1.54, 1.807) is 13.0 Å². The van der Waals surface area contributed by atoms with Gasteiger partial charge in [-0.1, -0.05) is 12.7 Å². The summed E-state index contributed by atoms with van der Waals surface area (Å²) in [7, 11) is 0. The number of aliphatic hydroxyl groups is 2. The van der Waals surface area contributed by atoms with Crippen molar-refractivity contribution in [2.24, 2.45) is 10.7 Å². The van der Waals surface area contributed by atoms with Gasteiger partial charge in [-0.25, -0.2) is 0 Å². The standard InChI is InChI=1S/C8H14N2O2/c1-4-6(2)5-10-7(3)8(9,11)12/h4-5,11-12H,1,9H2,2-3H3/b6-5-,10-7+. The number of nitrogens with two attached hydrogens (primary N) is 1. The molecule has 0 fully saturated rings. The molecule has 0 unspecified atom stereocenters. The summed E-state index contributed by atoms with van der Waals surface area (Å²) >= 11 is 0. The van der Waals surface area contributed by atoms with Gasteiger partial charge in [-0.2, -0.15) is 0 Å². The summed E-state index contributed by atoms with van der Waals surface area (Å²) in [5.74, 6) is -2.34. The number of hydrogen-bond acceptors (Lipinski definition) is 4.